The van der Waals surface area contributed by atoms with Crippen molar-refractivity contribution >= 4 is 17.5 Å². The Labute approximate surface area is 206 Å². The molecule has 0 bridgehead atoms. The standard InChI is InChI=1S/C29H32FN3O2/c1-6-26(34)33(25-12-10-23(11-13-25)29(3,4)5)27(22-16-20(2)18-31-19-22)28(35)32-15-14-21-8-7-9-24(30)17-21/h6-13,16-19,27H,1,14-15H2,2-5H3,(H,32,35). The Morgan fingerprint density at radius 3 is 2.43 bits per heavy atom. The van der Waals surface area contributed by atoms with Gasteiger partial charge in [-0.3, -0.25) is 19.5 Å². The maximum absolute atomic E-state index is 13.5. The highest BCUT2D eigenvalue weighted by molar-refractivity contribution is 6.06. The summed E-state index contributed by atoms with van der Waals surface area (Å²) < 4.78 is 13.5. The Morgan fingerprint density at radius 2 is 1.83 bits per heavy atom. The van der Waals surface area contributed by atoms with Gasteiger partial charge >= 0.3 is 0 Å². The van der Waals surface area contributed by atoms with E-state index in [1.807, 2.05) is 43.3 Å². The summed E-state index contributed by atoms with van der Waals surface area (Å²) in [6, 6.07) is 14.8. The van der Waals surface area contributed by atoms with E-state index in [0.717, 1.165) is 16.7 Å². The van der Waals surface area contributed by atoms with Crippen molar-refractivity contribution in [1.82, 2.24) is 10.3 Å². The lowest BCUT2D eigenvalue weighted by Gasteiger charge is -2.31. The number of nitrogens with zero attached hydrogens (tertiary/aromatic N) is 2. The lowest BCUT2D eigenvalue weighted by Crippen LogP contribution is -2.44. The van der Waals surface area contributed by atoms with Crippen LogP contribution in [0.5, 0.6) is 0 Å². The Kier molecular flexibility index (Phi) is 8.18. The van der Waals surface area contributed by atoms with Crippen LogP contribution in [0.4, 0.5) is 10.1 Å². The normalized spacial score (nSPS) is 12.0. The summed E-state index contributed by atoms with van der Waals surface area (Å²) >= 11 is 0. The third kappa shape index (κ3) is 6.63. The maximum Gasteiger partial charge on any atom is 0.251 e. The molecule has 0 aliphatic carbocycles. The molecule has 2 aromatic carbocycles. The first-order chi connectivity index (χ1) is 16.6. The van der Waals surface area contributed by atoms with Gasteiger partial charge in [0.05, 0.1) is 0 Å². The van der Waals surface area contributed by atoms with Gasteiger partial charge in [0.2, 0.25) is 5.91 Å². The number of hydrogen-bond donors (Lipinski definition) is 1. The monoisotopic (exact) mass is 473 g/mol. The molecule has 3 rings (SSSR count). The van der Waals surface area contributed by atoms with Crippen LogP contribution < -0.4 is 10.2 Å². The Morgan fingerprint density at radius 1 is 1.11 bits per heavy atom. The van der Waals surface area contributed by atoms with Gasteiger partial charge in [-0.2, -0.15) is 0 Å². The van der Waals surface area contributed by atoms with Gasteiger partial charge in [0.15, 0.2) is 0 Å². The summed E-state index contributed by atoms with van der Waals surface area (Å²) in [5.74, 6) is -1.08. The fourth-order valence-corrected chi connectivity index (χ4v) is 3.89. The van der Waals surface area contributed by atoms with Crippen LogP contribution in [0.2, 0.25) is 0 Å². The van der Waals surface area contributed by atoms with Crippen molar-refractivity contribution in [3.63, 3.8) is 0 Å². The molecule has 1 unspecified atom stereocenters. The predicted molar refractivity (Wildman–Crippen MR) is 138 cm³/mol. The number of hydrogen-bond acceptors (Lipinski definition) is 3. The average molecular weight is 474 g/mol. The first-order valence-corrected chi connectivity index (χ1v) is 11.6. The van der Waals surface area contributed by atoms with Gasteiger partial charge in [-0.1, -0.05) is 57.7 Å². The zero-order chi connectivity index (χ0) is 25.6. The zero-order valence-corrected chi connectivity index (χ0v) is 20.7. The second-order valence-electron chi connectivity index (χ2n) is 9.58. The smallest absolute Gasteiger partial charge is 0.251 e. The van der Waals surface area contributed by atoms with Gasteiger partial charge in [-0.05, 0) is 65.8 Å². The van der Waals surface area contributed by atoms with Crippen molar-refractivity contribution < 1.29 is 14.0 Å². The van der Waals surface area contributed by atoms with Crippen molar-refractivity contribution in [2.75, 3.05) is 11.4 Å². The molecule has 5 nitrogen and oxygen atoms in total. The molecule has 35 heavy (non-hydrogen) atoms. The topological polar surface area (TPSA) is 62.3 Å². The van der Waals surface area contributed by atoms with Gasteiger partial charge in [0, 0.05) is 30.2 Å². The van der Waals surface area contributed by atoms with Crippen LogP contribution in [0.3, 0.4) is 0 Å². The fourth-order valence-electron chi connectivity index (χ4n) is 3.89. The van der Waals surface area contributed by atoms with Crippen LogP contribution in [-0.4, -0.2) is 23.3 Å². The largest absolute Gasteiger partial charge is 0.354 e. The molecule has 6 heteroatoms. The van der Waals surface area contributed by atoms with E-state index in [9.17, 15) is 14.0 Å². The van der Waals surface area contributed by atoms with E-state index < -0.39 is 11.9 Å². The number of aryl methyl sites for hydroxylation is 1. The summed E-state index contributed by atoms with van der Waals surface area (Å²) in [5.41, 5.74) is 3.86. The summed E-state index contributed by atoms with van der Waals surface area (Å²) in [6.07, 6.45) is 4.95. The van der Waals surface area contributed by atoms with E-state index in [-0.39, 0.29) is 23.7 Å². The Balaban J connectivity index is 1.95. The van der Waals surface area contributed by atoms with Crippen molar-refractivity contribution in [1.29, 1.82) is 0 Å². The van der Waals surface area contributed by atoms with E-state index in [1.54, 1.807) is 18.5 Å². The molecule has 0 aliphatic rings. The molecule has 1 aromatic heterocycles. The Bertz CT molecular complexity index is 1200. The van der Waals surface area contributed by atoms with Gasteiger partial charge < -0.3 is 5.32 Å². The SMILES string of the molecule is C=CC(=O)N(c1ccc(C(C)(C)C)cc1)C(C(=O)NCCc1cccc(F)c1)c1cncc(C)c1. The van der Waals surface area contributed by atoms with E-state index in [1.165, 1.54) is 23.1 Å². The van der Waals surface area contributed by atoms with Gasteiger partial charge in [0.25, 0.3) is 5.91 Å². The van der Waals surface area contributed by atoms with Crippen molar-refractivity contribution in [2.24, 2.45) is 0 Å². The van der Waals surface area contributed by atoms with E-state index in [0.29, 0.717) is 17.7 Å². The number of amides is 2. The highest BCUT2D eigenvalue weighted by Gasteiger charge is 2.32. The highest BCUT2D eigenvalue weighted by atomic mass is 19.1. The minimum Gasteiger partial charge on any atom is -0.354 e. The third-order valence-corrected chi connectivity index (χ3v) is 5.74. The molecular weight excluding hydrogens is 441 g/mol. The molecule has 0 fully saturated rings. The van der Waals surface area contributed by atoms with Crippen LogP contribution >= 0.6 is 0 Å². The highest BCUT2D eigenvalue weighted by Crippen LogP contribution is 2.31. The Hall–Kier alpha value is -3.80. The molecule has 0 radical (unpaired) electrons. The number of anilines is 1. The molecule has 3 aromatic rings. The van der Waals surface area contributed by atoms with E-state index >= 15 is 0 Å². The van der Waals surface area contributed by atoms with E-state index in [2.05, 4.69) is 37.7 Å². The number of carbonyl (C=O) groups excluding carboxylic acids is 2. The number of nitrogens with one attached hydrogen (secondary N) is 1. The molecule has 0 saturated heterocycles. The quantitative estimate of drug-likeness (QED) is 0.443. The number of aromatic nitrogens is 1. The van der Waals surface area contributed by atoms with Crippen LogP contribution in [0.1, 0.15) is 49.1 Å². The summed E-state index contributed by atoms with van der Waals surface area (Å²) in [6.45, 7) is 12.2. The molecule has 1 atom stereocenters. The minimum atomic E-state index is -0.958. The average Bonchev–Trinajstić information content (AvgIpc) is 2.81. The molecule has 182 valence electrons. The van der Waals surface area contributed by atoms with Crippen molar-refractivity contribution in [3.05, 3.63) is 108 Å². The third-order valence-electron chi connectivity index (χ3n) is 5.74. The van der Waals surface area contributed by atoms with Crippen LogP contribution in [0, 0.1) is 12.7 Å². The second kappa shape index (κ2) is 11.1. The van der Waals surface area contributed by atoms with Gasteiger partial charge in [-0.15, -0.1) is 0 Å². The molecule has 1 heterocycles. The van der Waals surface area contributed by atoms with Crippen LogP contribution in [-0.2, 0) is 21.4 Å². The van der Waals surface area contributed by atoms with Crippen LogP contribution in [0.25, 0.3) is 0 Å². The van der Waals surface area contributed by atoms with Crippen LogP contribution in [0.15, 0.2) is 79.6 Å². The summed E-state index contributed by atoms with van der Waals surface area (Å²) in [5, 5.41) is 2.92. The number of halogens is 1. The lowest BCUT2D eigenvalue weighted by atomic mass is 9.87. The molecular formula is C29H32FN3O2. The van der Waals surface area contributed by atoms with Gasteiger partial charge in [0.1, 0.15) is 11.9 Å². The first kappa shape index (κ1) is 25.8. The number of rotatable bonds is 8. The van der Waals surface area contributed by atoms with E-state index in [4.69, 9.17) is 0 Å². The lowest BCUT2D eigenvalue weighted by molar-refractivity contribution is -0.125. The molecule has 2 amide bonds. The predicted octanol–water partition coefficient (Wildman–Crippen LogP) is 5.45. The maximum atomic E-state index is 13.5. The molecule has 1 N–H and O–H groups in total. The van der Waals surface area contributed by atoms with Gasteiger partial charge in [-0.25, -0.2) is 4.39 Å². The van der Waals surface area contributed by atoms with Crippen molar-refractivity contribution in [2.45, 2.75) is 45.6 Å². The first-order valence-electron chi connectivity index (χ1n) is 11.6. The summed E-state index contributed by atoms with van der Waals surface area (Å²) in [7, 11) is 0. The number of benzene rings is 2. The summed E-state index contributed by atoms with van der Waals surface area (Å²) in [4.78, 5) is 32.3. The fraction of sp³-hybridized carbons (Fsp3) is 0.276. The number of carbonyl (C=O) groups is 2. The second-order valence-corrected chi connectivity index (χ2v) is 9.58. The minimum absolute atomic E-state index is 0.0556. The molecule has 0 aliphatic heterocycles. The zero-order valence-electron chi connectivity index (χ0n) is 20.7. The van der Waals surface area contributed by atoms with Crippen molar-refractivity contribution in [3.8, 4) is 0 Å². The molecule has 0 spiro atoms. The molecule has 0 saturated carbocycles. The number of pyridine rings is 1.